The third-order valence-corrected chi connectivity index (χ3v) is 2.27. The average Bonchev–Trinajstić information content (AvgIpc) is 2.38. The molecule has 4 heteroatoms. The summed E-state index contributed by atoms with van der Waals surface area (Å²) >= 11 is 0. The number of nitrogens with zero attached hydrogens (tertiary/aromatic N) is 1. The maximum Gasteiger partial charge on any atom is 0.254 e. The van der Waals surface area contributed by atoms with Crippen LogP contribution in [0.15, 0.2) is 24.3 Å². The van der Waals surface area contributed by atoms with Crippen LogP contribution in [-0.2, 0) is 4.74 Å². The highest BCUT2D eigenvalue weighted by Gasteiger charge is 2.15. The number of ether oxygens (including phenoxy) is 1. The first kappa shape index (κ1) is 13.8. The van der Waals surface area contributed by atoms with Crippen molar-refractivity contribution < 1.29 is 9.53 Å². The first-order chi connectivity index (χ1) is 8.56. The largest absolute Gasteiger partial charge is 0.329 e. The van der Waals surface area contributed by atoms with Gasteiger partial charge in [-0.3, -0.25) is 4.79 Å². The molecule has 2 atom stereocenters. The lowest BCUT2D eigenvalue weighted by atomic mass is 10.1. The summed E-state index contributed by atoms with van der Waals surface area (Å²) in [5.41, 5.74) is 1.53. The summed E-state index contributed by atoms with van der Waals surface area (Å²) in [5, 5.41) is 11.3. The van der Waals surface area contributed by atoms with Crippen LogP contribution in [0.4, 0.5) is 0 Å². The molecule has 0 aliphatic carbocycles. The number of benzene rings is 1. The van der Waals surface area contributed by atoms with Gasteiger partial charge < -0.3 is 10.1 Å². The van der Waals surface area contributed by atoms with Gasteiger partial charge in [-0.1, -0.05) is 23.6 Å². The number of nitriles is 1. The molecule has 0 heterocycles. The highest BCUT2D eigenvalue weighted by atomic mass is 16.5. The zero-order valence-electron chi connectivity index (χ0n) is 10.3. The van der Waals surface area contributed by atoms with Crippen LogP contribution in [0.5, 0.6) is 0 Å². The molecule has 0 saturated carbocycles. The maximum atomic E-state index is 11.8. The normalized spacial score (nSPS) is 12.9. The van der Waals surface area contributed by atoms with E-state index in [0.717, 1.165) is 5.56 Å². The van der Waals surface area contributed by atoms with Crippen molar-refractivity contribution in [2.45, 2.75) is 26.2 Å². The molecular formula is C14H14N2O2. The van der Waals surface area contributed by atoms with Crippen molar-refractivity contribution in [3.8, 4) is 18.4 Å². The Bertz CT molecular complexity index is 494. The van der Waals surface area contributed by atoms with Crippen LogP contribution < -0.4 is 5.32 Å². The lowest BCUT2D eigenvalue weighted by molar-refractivity contribution is 0.0377. The van der Waals surface area contributed by atoms with E-state index in [1.165, 1.54) is 0 Å². The Morgan fingerprint density at radius 2 is 2.06 bits per heavy atom. The van der Waals surface area contributed by atoms with Gasteiger partial charge in [0.25, 0.3) is 5.91 Å². The number of nitrogens with one attached hydrogen (secondary N) is 1. The summed E-state index contributed by atoms with van der Waals surface area (Å²) in [6, 6.07) is 8.84. The molecule has 0 bridgehead atoms. The van der Waals surface area contributed by atoms with Crippen LogP contribution in [0.25, 0.3) is 0 Å². The SMILES string of the molecule is C#CC(C)OC(C#N)NC(=O)c1ccc(C)cc1. The zero-order valence-corrected chi connectivity index (χ0v) is 10.3. The lowest BCUT2D eigenvalue weighted by Gasteiger charge is -2.14. The van der Waals surface area contributed by atoms with E-state index in [4.69, 9.17) is 16.4 Å². The summed E-state index contributed by atoms with van der Waals surface area (Å²) in [7, 11) is 0. The molecule has 0 fully saturated rings. The number of carbonyl (C=O) groups is 1. The standard InChI is InChI=1S/C14H14N2O2/c1-4-11(3)18-13(9-15)16-14(17)12-7-5-10(2)6-8-12/h1,5-8,11,13H,2-3H3,(H,16,17). The van der Waals surface area contributed by atoms with Gasteiger partial charge in [0.1, 0.15) is 12.2 Å². The second-order valence-corrected chi connectivity index (χ2v) is 3.79. The van der Waals surface area contributed by atoms with Crippen LogP contribution in [0.3, 0.4) is 0 Å². The number of hydrogen-bond donors (Lipinski definition) is 1. The molecule has 1 rings (SSSR count). The van der Waals surface area contributed by atoms with Crippen molar-refractivity contribution in [3.63, 3.8) is 0 Å². The third kappa shape index (κ3) is 3.93. The molecule has 18 heavy (non-hydrogen) atoms. The molecule has 1 aromatic carbocycles. The molecule has 0 aliphatic heterocycles. The van der Waals surface area contributed by atoms with Crippen LogP contribution in [0, 0.1) is 30.6 Å². The molecule has 4 nitrogen and oxygen atoms in total. The minimum Gasteiger partial charge on any atom is -0.329 e. The molecule has 0 radical (unpaired) electrons. The van der Waals surface area contributed by atoms with Gasteiger partial charge >= 0.3 is 0 Å². The van der Waals surface area contributed by atoms with Crippen LogP contribution >= 0.6 is 0 Å². The Balaban J connectivity index is 2.66. The Kier molecular flexibility index (Phi) is 4.92. The number of rotatable bonds is 4. The number of amides is 1. The van der Waals surface area contributed by atoms with Gasteiger partial charge in [0, 0.05) is 5.56 Å². The predicted octanol–water partition coefficient (Wildman–Crippen LogP) is 1.61. The summed E-state index contributed by atoms with van der Waals surface area (Å²) in [6.45, 7) is 3.56. The fourth-order valence-electron chi connectivity index (χ4n) is 1.25. The number of terminal acetylenes is 1. The Morgan fingerprint density at radius 1 is 1.44 bits per heavy atom. The van der Waals surface area contributed by atoms with E-state index < -0.39 is 12.3 Å². The predicted molar refractivity (Wildman–Crippen MR) is 67.4 cm³/mol. The fraction of sp³-hybridized carbons (Fsp3) is 0.286. The van der Waals surface area contributed by atoms with E-state index in [1.807, 2.05) is 25.1 Å². The molecule has 0 spiro atoms. The van der Waals surface area contributed by atoms with Gasteiger partial charge in [-0.2, -0.15) is 5.26 Å². The van der Waals surface area contributed by atoms with Gasteiger partial charge in [-0.25, -0.2) is 0 Å². The third-order valence-electron chi connectivity index (χ3n) is 2.27. The van der Waals surface area contributed by atoms with Crippen molar-refractivity contribution in [3.05, 3.63) is 35.4 Å². The minimum atomic E-state index is -1.05. The van der Waals surface area contributed by atoms with E-state index in [9.17, 15) is 4.79 Å². The Morgan fingerprint density at radius 3 is 2.56 bits per heavy atom. The first-order valence-electron chi connectivity index (χ1n) is 5.45. The zero-order chi connectivity index (χ0) is 13.5. The minimum absolute atomic E-state index is 0.370. The van der Waals surface area contributed by atoms with Gasteiger partial charge in [-0.15, -0.1) is 6.42 Å². The molecule has 0 aliphatic rings. The van der Waals surface area contributed by atoms with E-state index in [0.29, 0.717) is 5.56 Å². The maximum absolute atomic E-state index is 11.8. The average molecular weight is 242 g/mol. The van der Waals surface area contributed by atoms with Crippen molar-refractivity contribution in [1.82, 2.24) is 5.32 Å². The molecular weight excluding hydrogens is 228 g/mol. The molecule has 1 N–H and O–H groups in total. The lowest BCUT2D eigenvalue weighted by Crippen LogP contribution is -2.37. The van der Waals surface area contributed by atoms with Crippen molar-refractivity contribution >= 4 is 5.91 Å². The second kappa shape index (κ2) is 6.44. The van der Waals surface area contributed by atoms with Crippen molar-refractivity contribution in [2.24, 2.45) is 0 Å². The molecule has 92 valence electrons. The Hall–Kier alpha value is -2.30. The van der Waals surface area contributed by atoms with Gasteiger partial charge in [0.05, 0.1) is 0 Å². The second-order valence-electron chi connectivity index (χ2n) is 3.79. The smallest absolute Gasteiger partial charge is 0.254 e. The first-order valence-corrected chi connectivity index (χ1v) is 5.45. The van der Waals surface area contributed by atoms with Crippen LogP contribution in [-0.4, -0.2) is 18.2 Å². The van der Waals surface area contributed by atoms with Crippen molar-refractivity contribution in [1.29, 1.82) is 5.26 Å². The van der Waals surface area contributed by atoms with Gasteiger partial charge in [-0.05, 0) is 26.0 Å². The molecule has 0 saturated heterocycles. The highest BCUT2D eigenvalue weighted by Crippen LogP contribution is 2.04. The molecule has 1 amide bonds. The summed E-state index contributed by atoms with van der Waals surface area (Å²) in [5.74, 6) is 1.96. The topological polar surface area (TPSA) is 62.1 Å². The summed E-state index contributed by atoms with van der Waals surface area (Å²) in [4.78, 5) is 11.8. The number of hydrogen-bond acceptors (Lipinski definition) is 3. The molecule has 0 aromatic heterocycles. The van der Waals surface area contributed by atoms with E-state index in [2.05, 4.69) is 11.2 Å². The van der Waals surface area contributed by atoms with Crippen LogP contribution in [0.2, 0.25) is 0 Å². The quantitative estimate of drug-likeness (QED) is 0.644. The summed E-state index contributed by atoms with van der Waals surface area (Å²) in [6.07, 6.45) is 3.55. The van der Waals surface area contributed by atoms with E-state index in [1.54, 1.807) is 19.1 Å². The number of carbonyl (C=O) groups excluding carboxylic acids is 1. The Labute approximate surface area is 107 Å². The van der Waals surface area contributed by atoms with Gasteiger partial charge in [0.15, 0.2) is 0 Å². The highest BCUT2D eigenvalue weighted by molar-refractivity contribution is 5.94. The van der Waals surface area contributed by atoms with E-state index >= 15 is 0 Å². The summed E-state index contributed by atoms with van der Waals surface area (Å²) < 4.78 is 5.14. The molecule has 1 aromatic rings. The van der Waals surface area contributed by atoms with E-state index in [-0.39, 0.29) is 5.91 Å². The van der Waals surface area contributed by atoms with Crippen molar-refractivity contribution in [2.75, 3.05) is 0 Å². The fourth-order valence-corrected chi connectivity index (χ4v) is 1.25. The number of aryl methyl sites for hydroxylation is 1. The monoisotopic (exact) mass is 242 g/mol. The van der Waals surface area contributed by atoms with Crippen LogP contribution in [0.1, 0.15) is 22.8 Å². The molecule has 2 unspecified atom stereocenters. The van der Waals surface area contributed by atoms with Gasteiger partial charge in [0.2, 0.25) is 6.23 Å².